The van der Waals surface area contributed by atoms with Crippen LogP contribution in [0.15, 0.2) is 146 Å². The Kier molecular flexibility index (Phi) is 12.1. The molecule has 0 unspecified atom stereocenters. The molecule has 0 saturated heterocycles. The van der Waals surface area contributed by atoms with Gasteiger partial charge in [0.2, 0.25) is 0 Å². The summed E-state index contributed by atoms with van der Waals surface area (Å²) in [6.45, 7) is 52.7. The molecule has 16 rings (SSSR count). The molecule has 0 N–H and O–H groups in total. The summed E-state index contributed by atoms with van der Waals surface area (Å²) in [6.07, 6.45) is 0. The maximum atomic E-state index is 2.56. The Morgan fingerprint density at radius 3 is 0.663 bits per heavy atom. The minimum absolute atomic E-state index is 0.0129. The van der Waals surface area contributed by atoms with Crippen molar-refractivity contribution in [2.45, 2.75) is 197 Å². The van der Waals surface area contributed by atoms with E-state index >= 15 is 0 Å². The highest BCUT2D eigenvalue weighted by atomic mass is 14.4. The van der Waals surface area contributed by atoms with Gasteiger partial charge in [-0.15, -0.1) is 0 Å². The molecule has 16 aromatic carbocycles. The van der Waals surface area contributed by atoms with E-state index in [9.17, 15) is 0 Å². The molecule has 0 aliphatic rings. The quantitative estimate of drug-likeness (QED) is 0.122. The molecule has 92 heavy (non-hydrogen) atoms. The van der Waals surface area contributed by atoms with Crippen molar-refractivity contribution in [1.29, 1.82) is 0 Å². The standard InChI is InChI=1S/C92H92/c1-47(2)71-81-63-35-31-59-67-43-55(89(11,12)13)39-51-40-56(90(14,15)16)44-68(73(51)67)60-32-36-64(79(63)77(59)60)82(81)72(48(3)4)86-76(50-25-29-54(30-26-50)88(8,9)10)84-66-38-34-62-70-46-58(92(20,21)22)42-52-41-57(91(17,18)19)45-69(74(52)70)61-33-37-65(80(66)78(61)62)83(84)75(85(71)86)49-23-27-53(28-24-49)87(5,6)7/h23-48H,1-22H3. The fourth-order valence-corrected chi connectivity index (χ4v) is 17.2. The van der Waals surface area contributed by atoms with E-state index < -0.39 is 0 Å². The smallest absolute Gasteiger partial charge is 0.000729 e. The first-order chi connectivity index (χ1) is 43.1. The second-order valence-corrected chi connectivity index (χ2v) is 35.2. The lowest BCUT2D eigenvalue weighted by atomic mass is 9.76. The van der Waals surface area contributed by atoms with Crippen LogP contribution in [0.5, 0.6) is 0 Å². The average molecular weight is 1200 g/mol. The molecule has 0 aliphatic carbocycles. The van der Waals surface area contributed by atoms with Gasteiger partial charge in [0.25, 0.3) is 0 Å². The van der Waals surface area contributed by atoms with Crippen molar-refractivity contribution in [2.75, 3.05) is 0 Å². The van der Waals surface area contributed by atoms with Gasteiger partial charge in [-0.05, 0) is 275 Å². The van der Waals surface area contributed by atoms with E-state index in [1.807, 2.05) is 0 Å². The number of fused-ring (bicyclic) bond motifs is 11. The Balaban J connectivity index is 1.18. The van der Waals surface area contributed by atoms with Crippen LogP contribution in [0.2, 0.25) is 0 Å². The van der Waals surface area contributed by atoms with Crippen LogP contribution >= 0.6 is 0 Å². The number of rotatable bonds is 4. The van der Waals surface area contributed by atoms with Crippen LogP contribution in [0.1, 0.15) is 209 Å². The fourth-order valence-electron chi connectivity index (χ4n) is 17.2. The number of hydrogen-bond donors (Lipinski definition) is 0. The van der Waals surface area contributed by atoms with Crippen LogP contribution in [-0.2, 0) is 32.5 Å². The van der Waals surface area contributed by atoms with Gasteiger partial charge >= 0.3 is 0 Å². The monoisotopic (exact) mass is 1200 g/mol. The topological polar surface area (TPSA) is 0 Å². The van der Waals surface area contributed by atoms with Gasteiger partial charge < -0.3 is 0 Å². The molecule has 0 spiro atoms. The molecule has 0 atom stereocenters. The highest BCUT2D eigenvalue weighted by Gasteiger charge is 2.35. The Bertz CT molecular complexity index is 5450. The molecule has 0 saturated carbocycles. The summed E-state index contributed by atoms with van der Waals surface area (Å²) in [4.78, 5) is 0. The third kappa shape index (κ3) is 8.19. The Labute approximate surface area is 545 Å². The van der Waals surface area contributed by atoms with Gasteiger partial charge in [0, 0.05) is 0 Å². The first-order valence-electron chi connectivity index (χ1n) is 34.5. The highest BCUT2D eigenvalue weighted by molar-refractivity contribution is 6.49. The number of benzene rings is 14. The van der Waals surface area contributed by atoms with Gasteiger partial charge in [0.05, 0.1) is 0 Å². The van der Waals surface area contributed by atoms with Crippen molar-refractivity contribution in [2.24, 2.45) is 0 Å². The highest BCUT2D eigenvalue weighted by Crippen LogP contribution is 2.61. The SMILES string of the molecule is CC(C)c1c2c(-c3ccc(C(C)(C)C)cc3)c3c4ccc5c6cc(C(C)(C)C)cc7cc(C(C)(C)C)cc(c8ccc(c3c(-c3ccc(C(C)(C)C)cc3)c2c(C(C)C)c2c3ccc9c%10cc(C(C)(C)C)cc%11cc(C(C)(C)C)cc(c%12ccc(c12)c3c%129)c%11%10)c4c58)c76. The lowest BCUT2D eigenvalue weighted by Gasteiger charge is -2.27. The van der Waals surface area contributed by atoms with Crippen LogP contribution in [-0.4, -0.2) is 0 Å². The third-order valence-corrected chi connectivity index (χ3v) is 22.2. The predicted molar refractivity (Wildman–Crippen MR) is 410 cm³/mol. The number of hydrogen-bond acceptors (Lipinski definition) is 0. The molecular weight excluding hydrogens is 1110 g/mol. The van der Waals surface area contributed by atoms with Crippen LogP contribution in [0.3, 0.4) is 0 Å². The van der Waals surface area contributed by atoms with Gasteiger partial charge in [0.15, 0.2) is 0 Å². The van der Waals surface area contributed by atoms with E-state index in [1.54, 1.807) is 0 Å². The summed E-state index contributed by atoms with van der Waals surface area (Å²) >= 11 is 0. The second-order valence-electron chi connectivity index (χ2n) is 35.2. The molecule has 0 heterocycles. The van der Waals surface area contributed by atoms with Crippen molar-refractivity contribution >= 4 is 140 Å². The zero-order chi connectivity index (χ0) is 65.1. The summed E-state index contributed by atoms with van der Waals surface area (Å²) in [6, 6.07) is 60.4. The predicted octanol–water partition coefficient (Wildman–Crippen LogP) is 27.8. The van der Waals surface area contributed by atoms with Gasteiger partial charge in [0.1, 0.15) is 0 Å². The van der Waals surface area contributed by atoms with Crippen molar-refractivity contribution in [3.05, 3.63) is 190 Å². The van der Waals surface area contributed by atoms with Crippen molar-refractivity contribution in [1.82, 2.24) is 0 Å². The Hall–Kier alpha value is -8.06. The van der Waals surface area contributed by atoms with Crippen molar-refractivity contribution in [3.63, 3.8) is 0 Å². The summed E-state index contributed by atoms with van der Waals surface area (Å²) < 4.78 is 0. The van der Waals surface area contributed by atoms with Crippen LogP contribution in [0.25, 0.3) is 162 Å². The minimum atomic E-state index is -0.0377. The van der Waals surface area contributed by atoms with Gasteiger partial charge in [-0.2, -0.15) is 0 Å². The van der Waals surface area contributed by atoms with Crippen molar-refractivity contribution in [3.8, 4) is 22.3 Å². The average Bonchev–Trinajstić information content (AvgIpc) is 1.47. The Morgan fingerprint density at radius 2 is 0.424 bits per heavy atom. The lowest BCUT2D eigenvalue weighted by molar-refractivity contribution is 0.589. The lowest BCUT2D eigenvalue weighted by Crippen LogP contribution is -2.12. The molecule has 0 heteroatoms. The molecule has 16 aromatic rings. The van der Waals surface area contributed by atoms with E-state index in [4.69, 9.17) is 0 Å². The molecule has 0 fully saturated rings. The Morgan fingerprint density at radius 1 is 0.196 bits per heavy atom. The minimum Gasteiger partial charge on any atom is -0.0586 e. The molecule has 0 nitrogen and oxygen atoms in total. The summed E-state index contributed by atoms with van der Waals surface area (Å²) in [7, 11) is 0. The molecule has 0 bridgehead atoms. The fraction of sp³-hybridized carbons (Fsp3) is 0.326. The van der Waals surface area contributed by atoms with Gasteiger partial charge in [-0.1, -0.05) is 274 Å². The molecule has 0 aliphatic heterocycles. The first-order valence-corrected chi connectivity index (χ1v) is 34.5. The second kappa shape index (κ2) is 18.8. The van der Waals surface area contributed by atoms with E-state index in [-0.39, 0.29) is 44.3 Å². The van der Waals surface area contributed by atoms with Crippen LogP contribution in [0.4, 0.5) is 0 Å². The van der Waals surface area contributed by atoms with Gasteiger partial charge in [-0.25, -0.2) is 0 Å². The molecule has 460 valence electrons. The van der Waals surface area contributed by atoms with E-state index in [2.05, 4.69) is 298 Å². The maximum Gasteiger partial charge on any atom is -0.000729 e. The molecule has 0 amide bonds. The van der Waals surface area contributed by atoms with E-state index in [1.165, 1.54) is 207 Å². The summed E-state index contributed by atoms with van der Waals surface area (Å²) in [5.74, 6) is 0.330. The third-order valence-electron chi connectivity index (χ3n) is 22.2. The summed E-state index contributed by atoms with van der Waals surface area (Å²) in [5, 5.41) is 35.8. The first kappa shape index (κ1) is 59.0. The van der Waals surface area contributed by atoms with E-state index in [0.717, 1.165) is 0 Å². The zero-order valence-electron chi connectivity index (χ0n) is 59.0. The zero-order valence-corrected chi connectivity index (χ0v) is 59.0. The largest absolute Gasteiger partial charge is 0.0586 e. The van der Waals surface area contributed by atoms with Crippen LogP contribution in [0, 0.1) is 0 Å². The molecule has 0 aromatic heterocycles. The molecule has 0 radical (unpaired) electrons. The molecular formula is C92H92. The maximum absolute atomic E-state index is 2.56. The summed E-state index contributed by atoms with van der Waals surface area (Å²) in [5.41, 5.74) is 16.3. The normalized spacial score (nSPS) is 14.0. The van der Waals surface area contributed by atoms with E-state index in [0.29, 0.717) is 0 Å². The van der Waals surface area contributed by atoms with Gasteiger partial charge in [-0.3, -0.25) is 0 Å². The van der Waals surface area contributed by atoms with Crippen LogP contribution < -0.4 is 0 Å². The van der Waals surface area contributed by atoms with Crippen molar-refractivity contribution < 1.29 is 0 Å².